The van der Waals surface area contributed by atoms with Crippen molar-refractivity contribution in [2.45, 2.75) is 25.8 Å². The second-order valence-electron chi connectivity index (χ2n) is 4.33. The third-order valence-electron chi connectivity index (χ3n) is 3.12. The van der Waals surface area contributed by atoms with E-state index in [-0.39, 0.29) is 11.9 Å². The third-order valence-corrected chi connectivity index (χ3v) is 3.12. The van der Waals surface area contributed by atoms with Crippen molar-refractivity contribution in [2.24, 2.45) is 10.9 Å². The zero-order valence-corrected chi connectivity index (χ0v) is 10.9. The highest BCUT2D eigenvalue weighted by Gasteiger charge is 2.17. The number of imidazole rings is 1. The number of hydrogen-bond acceptors (Lipinski definition) is 3. The summed E-state index contributed by atoms with van der Waals surface area (Å²) in [5.41, 5.74) is 6.79. The normalized spacial score (nSPS) is 13.4. The van der Waals surface area contributed by atoms with Gasteiger partial charge in [-0.2, -0.15) is 0 Å². The lowest BCUT2D eigenvalue weighted by atomic mass is 10.0. The van der Waals surface area contributed by atoms with Crippen molar-refractivity contribution in [3.63, 3.8) is 0 Å². The molecular formula is C14H18N4O. The second kappa shape index (κ2) is 6.04. The molecule has 1 heterocycles. The summed E-state index contributed by atoms with van der Waals surface area (Å²) < 4.78 is 2.08. The molecule has 0 aliphatic rings. The first-order valence-corrected chi connectivity index (χ1v) is 6.29. The van der Waals surface area contributed by atoms with Crippen molar-refractivity contribution in [3.05, 3.63) is 54.1 Å². The maximum atomic E-state index is 8.79. The van der Waals surface area contributed by atoms with E-state index in [2.05, 4.69) is 21.6 Å². The Hall–Kier alpha value is -2.30. The number of amidine groups is 1. The van der Waals surface area contributed by atoms with Crippen LogP contribution >= 0.6 is 0 Å². The van der Waals surface area contributed by atoms with Crippen molar-refractivity contribution in [3.8, 4) is 0 Å². The Labute approximate surface area is 112 Å². The number of benzene rings is 1. The summed E-state index contributed by atoms with van der Waals surface area (Å²) in [4.78, 5) is 4.33. The average molecular weight is 258 g/mol. The third kappa shape index (κ3) is 2.93. The van der Waals surface area contributed by atoms with Crippen LogP contribution in [0.2, 0.25) is 0 Å². The first-order valence-electron chi connectivity index (χ1n) is 6.29. The van der Waals surface area contributed by atoms with Gasteiger partial charge in [-0.25, -0.2) is 4.98 Å². The van der Waals surface area contributed by atoms with Gasteiger partial charge in [0.25, 0.3) is 0 Å². The lowest BCUT2D eigenvalue weighted by Gasteiger charge is -2.20. The maximum Gasteiger partial charge on any atom is 0.141 e. The molecule has 1 aromatic carbocycles. The van der Waals surface area contributed by atoms with E-state index in [1.165, 1.54) is 0 Å². The van der Waals surface area contributed by atoms with Gasteiger partial charge in [-0.15, -0.1) is 0 Å². The van der Waals surface area contributed by atoms with Gasteiger partial charge in [0.2, 0.25) is 0 Å². The van der Waals surface area contributed by atoms with Gasteiger partial charge in [-0.05, 0) is 5.56 Å². The zero-order chi connectivity index (χ0) is 13.7. The van der Waals surface area contributed by atoms with Crippen LogP contribution in [0.3, 0.4) is 0 Å². The maximum absolute atomic E-state index is 8.79. The van der Waals surface area contributed by atoms with E-state index < -0.39 is 0 Å². The average Bonchev–Trinajstić information content (AvgIpc) is 2.93. The van der Waals surface area contributed by atoms with Gasteiger partial charge in [0.1, 0.15) is 11.7 Å². The summed E-state index contributed by atoms with van der Waals surface area (Å²) in [6, 6.07) is 10.0. The molecule has 0 amide bonds. The summed E-state index contributed by atoms with van der Waals surface area (Å²) in [5.74, 6) is 1.20. The molecule has 1 aromatic heterocycles. The molecule has 5 nitrogen and oxygen atoms in total. The van der Waals surface area contributed by atoms with Crippen LogP contribution in [-0.2, 0) is 6.42 Å². The van der Waals surface area contributed by atoms with Gasteiger partial charge in [0.05, 0.1) is 6.04 Å². The molecular weight excluding hydrogens is 240 g/mol. The van der Waals surface area contributed by atoms with Gasteiger partial charge in [0, 0.05) is 25.2 Å². The molecule has 0 aliphatic heterocycles. The number of nitrogens with zero attached hydrogens (tertiary/aromatic N) is 3. The van der Waals surface area contributed by atoms with Crippen LogP contribution in [0.4, 0.5) is 0 Å². The van der Waals surface area contributed by atoms with Gasteiger partial charge in [0.15, 0.2) is 0 Å². The standard InChI is InChI=1S/C14H18N4O/c1-2-14-16-8-9-18(14)12(10-13(15)17-19)11-6-4-3-5-7-11/h3-9,12,19H,2,10H2,1H3,(H2,15,17). The molecule has 2 rings (SSSR count). The van der Waals surface area contributed by atoms with Crippen molar-refractivity contribution in [1.29, 1.82) is 0 Å². The molecule has 3 N–H and O–H groups in total. The number of oxime groups is 1. The predicted molar refractivity (Wildman–Crippen MR) is 74.2 cm³/mol. The molecule has 1 unspecified atom stereocenters. The number of aryl methyl sites for hydroxylation is 1. The molecule has 1 atom stereocenters. The second-order valence-corrected chi connectivity index (χ2v) is 4.33. The molecule has 0 saturated heterocycles. The number of rotatable bonds is 5. The highest BCUT2D eigenvalue weighted by Crippen LogP contribution is 2.23. The summed E-state index contributed by atoms with van der Waals surface area (Å²) in [6.45, 7) is 2.06. The van der Waals surface area contributed by atoms with E-state index in [4.69, 9.17) is 10.9 Å². The minimum absolute atomic E-state index is 0.00505. The molecule has 0 bridgehead atoms. The summed E-state index contributed by atoms with van der Waals surface area (Å²) >= 11 is 0. The van der Waals surface area contributed by atoms with Gasteiger partial charge in [-0.3, -0.25) is 0 Å². The van der Waals surface area contributed by atoms with Crippen LogP contribution in [0.1, 0.15) is 30.8 Å². The van der Waals surface area contributed by atoms with Crippen LogP contribution in [-0.4, -0.2) is 20.6 Å². The summed E-state index contributed by atoms with van der Waals surface area (Å²) in [6.07, 6.45) is 5.00. The molecule has 5 heteroatoms. The Morgan fingerprint density at radius 3 is 2.79 bits per heavy atom. The Balaban J connectivity index is 2.40. The Kier molecular flexibility index (Phi) is 4.18. The van der Waals surface area contributed by atoms with E-state index in [1.54, 1.807) is 6.20 Å². The fourth-order valence-electron chi connectivity index (χ4n) is 2.19. The Bertz CT molecular complexity index is 548. The molecule has 0 fully saturated rings. The van der Waals surface area contributed by atoms with E-state index in [9.17, 15) is 0 Å². The van der Waals surface area contributed by atoms with E-state index in [1.807, 2.05) is 36.5 Å². The molecule has 0 saturated carbocycles. The predicted octanol–water partition coefficient (Wildman–Crippen LogP) is 2.17. The van der Waals surface area contributed by atoms with Crippen LogP contribution in [0.5, 0.6) is 0 Å². The Morgan fingerprint density at radius 2 is 2.16 bits per heavy atom. The smallest absolute Gasteiger partial charge is 0.141 e. The molecule has 0 aliphatic carbocycles. The number of nitrogens with two attached hydrogens (primary N) is 1. The minimum Gasteiger partial charge on any atom is -0.409 e. The summed E-state index contributed by atoms with van der Waals surface area (Å²) in [7, 11) is 0. The monoisotopic (exact) mass is 258 g/mol. The zero-order valence-electron chi connectivity index (χ0n) is 10.9. The lowest BCUT2D eigenvalue weighted by molar-refractivity contribution is 0.315. The van der Waals surface area contributed by atoms with Crippen molar-refractivity contribution in [1.82, 2.24) is 9.55 Å². The molecule has 100 valence electrons. The molecule has 2 aromatic rings. The highest BCUT2D eigenvalue weighted by atomic mass is 16.4. The highest BCUT2D eigenvalue weighted by molar-refractivity contribution is 5.80. The fourth-order valence-corrected chi connectivity index (χ4v) is 2.19. The van der Waals surface area contributed by atoms with E-state index in [0.717, 1.165) is 17.8 Å². The van der Waals surface area contributed by atoms with Crippen LogP contribution in [0.15, 0.2) is 47.9 Å². The fraction of sp³-hybridized carbons (Fsp3) is 0.286. The van der Waals surface area contributed by atoms with E-state index in [0.29, 0.717) is 6.42 Å². The number of aromatic nitrogens is 2. The van der Waals surface area contributed by atoms with Gasteiger partial charge >= 0.3 is 0 Å². The van der Waals surface area contributed by atoms with Crippen molar-refractivity contribution in [2.75, 3.05) is 0 Å². The van der Waals surface area contributed by atoms with Crippen molar-refractivity contribution < 1.29 is 5.21 Å². The lowest BCUT2D eigenvalue weighted by Crippen LogP contribution is -2.21. The molecule has 0 spiro atoms. The Morgan fingerprint density at radius 1 is 1.42 bits per heavy atom. The van der Waals surface area contributed by atoms with Crippen LogP contribution in [0, 0.1) is 0 Å². The SMILES string of the molecule is CCc1nccn1C(CC(N)=NO)c1ccccc1. The molecule has 19 heavy (non-hydrogen) atoms. The van der Waals surface area contributed by atoms with Gasteiger partial charge < -0.3 is 15.5 Å². The van der Waals surface area contributed by atoms with Crippen LogP contribution in [0.25, 0.3) is 0 Å². The quantitative estimate of drug-likeness (QED) is 0.373. The number of hydrogen-bond donors (Lipinski definition) is 2. The first-order chi connectivity index (χ1) is 9.26. The topological polar surface area (TPSA) is 76.4 Å². The van der Waals surface area contributed by atoms with E-state index >= 15 is 0 Å². The first kappa shape index (κ1) is 13.1. The molecule has 0 radical (unpaired) electrons. The van der Waals surface area contributed by atoms with Crippen molar-refractivity contribution >= 4 is 5.84 Å². The van der Waals surface area contributed by atoms with Crippen LogP contribution < -0.4 is 5.73 Å². The summed E-state index contributed by atoms with van der Waals surface area (Å²) in [5, 5.41) is 11.9. The van der Waals surface area contributed by atoms with Gasteiger partial charge in [-0.1, -0.05) is 42.4 Å². The largest absolute Gasteiger partial charge is 0.409 e. The minimum atomic E-state index is -0.00505.